The predicted molar refractivity (Wildman–Crippen MR) is 94.0 cm³/mol. The number of fused-ring (bicyclic) bond motifs is 1. The van der Waals surface area contributed by atoms with Gasteiger partial charge in [0, 0.05) is 25.9 Å². The van der Waals surface area contributed by atoms with Crippen LogP contribution in [-0.2, 0) is 0 Å². The Morgan fingerprint density at radius 3 is 2.67 bits per heavy atom. The Bertz CT molecular complexity index is 600. The number of hydrogen-bond acceptors (Lipinski definition) is 4. The molecule has 0 bridgehead atoms. The van der Waals surface area contributed by atoms with Gasteiger partial charge in [-0.3, -0.25) is 4.79 Å². The van der Waals surface area contributed by atoms with Gasteiger partial charge in [0.25, 0.3) is 5.91 Å². The van der Waals surface area contributed by atoms with Gasteiger partial charge < -0.3 is 20.3 Å². The number of hydrogen-bond donors (Lipinski definition) is 2. The number of anilines is 1. The van der Waals surface area contributed by atoms with Gasteiger partial charge in [-0.15, -0.1) is 0 Å². The quantitative estimate of drug-likeness (QED) is 0.626. The Morgan fingerprint density at radius 1 is 1.38 bits per heavy atom. The summed E-state index contributed by atoms with van der Waals surface area (Å²) in [5.74, 6) is 0.668. The van der Waals surface area contributed by atoms with Crippen molar-refractivity contribution >= 4 is 50.1 Å². The van der Waals surface area contributed by atoms with E-state index in [9.17, 15) is 4.79 Å². The van der Waals surface area contributed by atoms with E-state index in [0.717, 1.165) is 39.7 Å². The lowest BCUT2D eigenvalue weighted by Crippen LogP contribution is -2.62. The average Bonchev–Trinajstić information content (AvgIpc) is 2.47. The minimum absolute atomic E-state index is 0.0382. The molecule has 21 heavy (non-hydrogen) atoms. The molecule has 0 saturated carbocycles. The summed E-state index contributed by atoms with van der Waals surface area (Å²) in [6, 6.07) is 1.80. The normalized spacial score (nSPS) is 20.7. The number of rotatable bonds is 1. The highest BCUT2D eigenvalue weighted by Crippen LogP contribution is 2.42. The van der Waals surface area contributed by atoms with Crippen LogP contribution >= 0.6 is 38.5 Å². The van der Waals surface area contributed by atoms with E-state index in [0.29, 0.717) is 11.3 Å². The second-order valence-corrected chi connectivity index (χ2v) is 7.47. The van der Waals surface area contributed by atoms with Crippen LogP contribution in [-0.4, -0.2) is 43.7 Å². The highest BCUT2D eigenvalue weighted by molar-refractivity contribution is 14.1. The molecule has 0 aromatic heterocycles. The number of halogens is 2. The zero-order chi connectivity index (χ0) is 15.2. The molecule has 2 N–H and O–H groups in total. The van der Waals surface area contributed by atoms with Crippen molar-refractivity contribution in [3.8, 4) is 5.75 Å². The van der Waals surface area contributed by atoms with E-state index < -0.39 is 0 Å². The standard InChI is InChI=1S/C14H17BrIN3O2/c1-19-5-3-14(4-6-19)17-12-8(13(20)18-14)7-9(21-2)11(16)10(12)15/h7,17H,3-6H2,1-2H3,(H,18,20). The van der Waals surface area contributed by atoms with Crippen molar-refractivity contribution in [3.63, 3.8) is 0 Å². The molecular weight excluding hydrogens is 449 g/mol. The first-order valence-electron chi connectivity index (χ1n) is 6.81. The van der Waals surface area contributed by atoms with Crippen molar-refractivity contribution in [2.45, 2.75) is 18.5 Å². The summed E-state index contributed by atoms with van der Waals surface area (Å²) in [6.07, 6.45) is 1.79. The summed E-state index contributed by atoms with van der Waals surface area (Å²) in [4.78, 5) is 14.8. The van der Waals surface area contributed by atoms with Crippen LogP contribution in [0.2, 0.25) is 0 Å². The maximum Gasteiger partial charge on any atom is 0.255 e. The summed E-state index contributed by atoms with van der Waals surface area (Å²) >= 11 is 5.84. The van der Waals surface area contributed by atoms with Crippen molar-refractivity contribution in [2.24, 2.45) is 0 Å². The van der Waals surface area contributed by atoms with E-state index in [1.807, 2.05) is 0 Å². The number of ether oxygens (including phenoxy) is 1. The van der Waals surface area contributed by atoms with Crippen LogP contribution in [0.25, 0.3) is 0 Å². The lowest BCUT2D eigenvalue weighted by atomic mass is 9.92. The Hall–Kier alpha value is -0.540. The number of likely N-dealkylation sites (tertiary alicyclic amines) is 1. The van der Waals surface area contributed by atoms with Crippen LogP contribution in [0, 0.1) is 3.57 Å². The highest BCUT2D eigenvalue weighted by Gasteiger charge is 2.40. The third-order valence-corrected chi connectivity index (χ3v) is 6.80. The SMILES string of the molecule is COc1cc2c(c(Br)c1I)NC1(CCN(C)CC1)NC2=O. The number of carbonyl (C=O) groups is 1. The Kier molecular flexibility index (Phi) is 4.08. The molecule has 5 nitrogen and oxygen atoms in total. The summed E-state index contributed by atoms with van der Waals surface area (Å²) in [5.41, 5.74) is 1.16. The first kappa shape index (κ1) is 15.4. The van der Waals surface area contributed by atoms with E-state index in [2.05, 4.69) is 61.1 Å². The molecule has 3 rings (SSSR count). The second-order valence-electron chi connectivity index (χ2n) is 5.59. The first-order valence-corrected chi connectivity index (χ1v) is 8.68. The summed E-state index contributed by atoms with van der Waals surface area (Å²) in [7, 11) is 3.72. The van der Waals surface area contributed by atoms with Gasteiger partial charge in [-0.1, -0.05) is 0 Å². The van der Waals surface area contributed by atoms with Gasteiger partial charge in [0.2, 0.25) is 0 Å². The van der Waals surface area contributed by atoms with Crippen molar-refractivity contribution in [2.75, 3.05) is 32.6 Å². The van der Waals surface area contributed by atoms with Crippen molar-refractivity contribution in [1.29, 1.82) is 0 Å². The molecule has 0 radical (unpaired) electrons. The third kappa shape index (κ3) is 2.63. The first-order chi connectivity index (χ1) is 9.96. The molecule has 1 aromatic rings. The molecule has 7 heteroatoms. The number of amides is 1. The lowest BCUT2D eigenvalue weighted by Gasteiger charge is -2.45. The van der Waals surface area contributed by atoms with E-state index in [1.165, 1.54) is 0 Å². The molecule has 1 amide bonds. The van der Waals surface area contributed by atoms with Gasteiger partial charge in [0.1, 0.15) is 11.4 Å². The van der Waals surface area contributed by atoms with Crippen LogP contribution in [0.3, 0.4) is 0 Å². The lowest BCUT2D eigenvalue weighted by molar-refractivity contribution is 0.0845. The van der Waals surface area contributed by atoms with Crippen LogP contribution in [0.1, 0.15) is 23.2 Å². The van der Waals surface area contributed by atoms with Crippen LogP contribution < -0.4 is 15.4 Å². The van der Waals surface area contributed by atoms with Crippen LogP contribution in [0.15, 0.2) is 10.5 Å². The number of carbonyl (C=O) groups excluding carboxylic acids is 1. The summed E-state index contributed by atoms with van der Waals surface area (Å²) < 4.78 is 7.20. The minimum atomic E-state index is -0.337. The Morgan fingerprint density at radius 2 is 2.05 bits per heavy atom. The Labute approximate surface area is 146 Å². The molecule has 2 aliphatic rings. The number of piperidine rings is 1. The maximum absolute atomic E-state index is 12.5. The molecule has 0 aliphatic carbocycles. The zero-order valence-electron chi connectivity index (χ0n) is 11.9. The summed E-state index contributed by atoms with van der Waals surface area (Å²) in [6.45, 7) is 1.93. The van der Waals surface area contributed by atoms with E-state index >= 15 is 0 Å². The fraction of sp³-hybridized carbons (Fsp3) is 0.500. The van der Waals surface area contributed by atoms with Crippen LogP contribution in [0.5, 0.6) is 5.75 Å². The topological polar surface area (TPSA) is 53.6 Å². The molecule has 1 aromatic carbocycles. The number of nitrogens with zero attached hydrogens (tertiary/aromatic N) is 1. The van der Waals surface area contributed by atoms with E-state index in [1.54, 1.807) is 13.2 Å². The van der Waals surface area contributed by atoms with Crippen molar-refractivity contribution in [1.82, 2.24) is 10.2 Å². The molecule has 114 valence electrons. The number of nitrogens with one attached hydrogen (secondary N) is 2. The maximum atomic E-state index is 12.5. The fourth-order valence-corrected chi connectivity index (χ4v) is 4.01. The molecule has 1 spiro atoms. The zero-order valence-corrected chi connectivity index (χ0v) is 15.7. The average molecular weight is 466 g/mol. The number of methoxy groups -OCH3 is 1. The molecular formula is C14H17BrIN3O2. The fourth-order valence-electron chi connectivity index (χ4n) is 2.86. The summed E-state index contributed by atoms with van der Waals surface area (Å²) in [5, 5.41) is 6.71. The minimum Gasteiger partial charge on any atom is -0.496 e. The van der Waals surface area contributed by atoms with Crippen molar-refractivity contribution < 1.29 is 9.53 Å². The molecule has 0 atom stereocenters. The third-order valence-electron chi connectivity index (χ3n) is 4.20. The molecule has 1 fully saturated rings. The van der Waals surface area contributed by atoms with Gasteiger partial charge >= 0.3 is 0 Å². The van der Waals surface area contributed by atoms with Crippen LogP contribution in [0.4, 0.5) is 5.69 Å². The molecule has 2 aliphatic heterocycles. The second kappa shape index (κ2) is 5.58. The highest BCUT2D eigenvalue weighted by atomic mass is 127. The number of benzene rings is 1. The van der Waals surface area contributed by atoms with Crippen molar-refractivity contribution in [3.05, 3.63) is 19.7 Å². The molecule has 1 saturated heterocycles. The van der Waals surface area contributed by atoms with Gasteiger partial charge in [-0.05, 0) is 51.6 Å². The monoisotopic (exact) mass is 465 g/mol. The smallest absolute Gasteiger partial charge is 0.255 e. The van der Waals surface area contributed by atoms with E-state index in [4.69, 9.17) is 4.74 Å². The van der Waals surface area contributed by atoms with Gasteiger partial charge in [0.05, 0.1) is 26.4 Å². The Balaban J connectivity index is 2.02. The predicted octanol–water partition coefficient (Wildman–Crippen LogP) is 2.64. The van der Waals surface area contributed by atoms with Gasteiger partial charge in [-0.25, -0.2) is 0 Å². The molecule has 2 heterocycles. The molecule has 0 unspecified atom stereocenters. The van der Waals surface area contributed by atoms with Gasteiger partial charge in [-0.2, -0.15) is 0 Å². The van der Waals surface area contributed by atoms with E-state index in [-0.39, 0.29) is 11.6 Å². The van der Waals surface area contributed by atoms with Gasteiger partial charge in [0.15, 0.2) is 0 Å². The largest absolute Gasteiger partial charge is 0.496 e.